The molecule has 0 radical (unpaired) electrons. The number of halogens is 1. The molecule has 120 valence electrons. The number of ether oxygens (including phenoxy) is 1. The van der Waals surface area contributed by atoms with Crippen LogP contribution in [-0.4, -0.2) is 41.7 Å². The van der Waals surface area contributed by atoms with Gasteiger partial charge < -0.3 is 14.6 Å². The van der Waals surface area contributed by atoms with E-state index < -0.39 is 0 Å². The first kappa shape index (κ1) is 16.7. The molecule has 0 aliphatic carbocycles. The maximum atomic E-state index is 5.67. The number of likely N-dealkylation sites (N-methyl/N-ethyl adjacent to an activating group) is 1. The van der Waals surface area contributed by atoms with Gasteiger partial charge in [0.2, 0.25) is 0 Å². The fourth-order valence-corrected chi connectivity index (χ4v) is 2.41. The second-order valence-electron chi connectivity index (χ2n) is 5.35. The summed E-state index contributed by atoms with van der Waals surface area (Å²) in [6.07, 6.45) is 0. The van der Waals surface area contributed by atoms with Crippen molar-refractivity contribution < 1.29 is 9.26 Å². The number of aryl methyl sites for hydroxylation is 1. The van der Waals surface area contributed by atoms with E-state index >= 15 is 0 Å². The van der Waals surface area contributed by atoms with E-state index in [-0.39, 0.29) is 18.4 Å². The summed E-state index contributed by atoms with van der Waals surface area (Å²) in [7, 11) is 2.07. The van der Waals surface area contributed by atoms with E-state index in [0.717, 1.165) is 30.9 Å². The number of piperazine rings is 1. The van der Waals surface area contributed by atoms with Crippen LogP contribution in [0.5, 0.6) is 5.75 Å². The van der Waals surface area contributed by atoms with Crippen molar-refractivity contribution in [3.8, 4) is 5.75 Å². The zero-order valence-electron chi connectivity index (χ0n) is 12.8. The van der Waals surface area contributed by atoms with Crippen molar-refractivity contribution in [3.63, 3.8) is 0 Å². The number of aromatic nitrogens is 2. The summed E-state index contributed by atoms with van der Waals surface area (Å²) < 4.78 is 11.0. The Bertz CT molecular complexity index is 605. The minimum atomic E-state index is 0. The molecule has 1 fully saturated rings. The predicted octanol–water partition coefficient (Wildman–Crippen LogP) is 1.95. The highest BCUT2D eigenvalue weighted by molar-refractivity contribution is 5.85. The first-order valence-electron chi connectivity index (χ1n) is 7.15. The van der Waals surface area contributed by atoms with Gasteiger partial charge in [0, 0.05) is 19.6 Å². The fraction of sp³-hybridized carbons (Fsp3) is 0.467. The van der Waals surface area contributed by atoms with Gasteiger partial charge in [0.25, 0.3) is 5.89 Å². The third kappa shape index (κ3) is 3.97. The van der Waals surface area contributed by atoms with Gasteiger partial charge in [0.15, 0.2) is 12.4 Å². The average Bonchev–Trinajstić information content (AvgIpc) is 2.94. The summed E-state index contributed by atoms with van der Waals surface area (Å²) in [4.78, 5) is 6.67. The second kappa shape index (κ2) is 7.58. The third-order valence-corrected chi connectivity index (χ3v) is 3.64. The Morgan fingerprint density at radius 3 is 3.09 bits per heavy atom. The largest absolute Gasteiger partial charge is 0.484 e. The molecule has 2 aromatic rings. The molecule has 1 unspecified atom stereocenters. The number of benzene rings is 1. The molecule has 1 aliphatic rings. The van der Waals surface area contributed by atoms with Gasteiger partial charge >= 0.3 is 0 Å². The monoisotopic (exact) mass is 324 g/mol. The van der Waals surface area contributed by atoms with Crippen LogP contribution >= 0.6 is 12.4 Å². The van der Waals surface area contributed by atoms with Gasteiger partial charge in [-0.15, -0.1) is 12.4 Å². The molecule has 1 aromatic heterocycles. The molecule has 7 heteroatoms. The van der Waals surface area contributed by atoms with Crippen LogP contribution in [0.25, 0.3) is 0 Å². The third-order valence-electron chi connectivity index (χ3n) is 3.64. The molecule has 1 aliphatic heterocycles. The average molecular weight is 325 g/mol. The lowest BCUT2D eigenvalue weighted by molar-refractivity contribution is 0.189. The Kier molecular flexibility index (Phi) is 5.76. The van der Waals surface area contributed by atoms with Crippen LogP contribution in [0, 0.1) is 6.92 Å². The molecule has 3 rings (SSSR count). The standard InChI is InChI=1S/C15H20N4O2.ClH/c1-11-4-3-5-12(8-11)20-10-14-17-15(18-21-14)13-9-16-6-7-19(13)2;/h3-5,8,13,16H,6-7,9-10H2,1-2H3;1H. The minimum absolute atomic E-state index is 0. The van der Waals surface area contributed by atoms with Crippen molar-refractivity contribution in [1.29, 1.82) is 0 Å². The smallest absolute Gasteiger partial charge is 0.264 e. The van der Waals surface area contributed by atoms with Gasteiger partial charge in [-0.25, -0.2) is 0 Å². The minimum Gasteiger partial charge on any atom is -0.484 e. The van der Waals surface area contributed by atoms with Crippen LogP contribution < -0.4 is 10.1 Å². The Labute approximate surface area is 136 Å². The highest BCUT2D eigenvalue weighted by Gasteiger charge is 2.25. The number of nitrogens with one attached hydrogen (secondary N) is 1. The van der Waals surface area contributed by atoms with Gasteiger partial charge in [0.05, 0.1) is 6.04 Å². The summed E-state index contributed by atoms with van der Waals surface area (Å²) in [5.41, 5.74) is 1.16. The Morgan fingerprint density at radius 2 is 2.32 bits per heavy atom. The maximum Gasteiger partial charge on any atom is 0.264 e. The first-order valence-corrected chi connectivity index (χ1v) is 7.15. The van der Waals surface area contributed by atoms with Crippen LogP contribution in [-0.2, 0) is 6.61 Å². The first-order chi connectivity index (χ1) is 10.2. The molecular formula is C15H21ClN4O2. The van der Waals surface area contributed by atoms with Crippen LogP contribution in [0.4, 0.5) is 0 Å². The van der Waals surface area contributed by atoms with Crippen molar-refractivity contribution in [1.82, 2.24) is 20.4 Å². The quantitative estimate of drug-likeness (QED) is 0.927. The van der Waals surface area contributed by atoms with Crippen molar-refractivity contribution >= 4 is 12.4 Å². The highest BCUT2D eigenvalue weighted by atomic mass is 35.5. The van der Waals surface area contributed by atoms with Gasteiger partial charge in [-0.2, -0.15) is 4.98 Å². The summed E-state index contributed by atoms with van der Waals surface area (Å²) in [5, 5.41) is 7.41. The molecule has 1 N–H and O–H groups in total. The molecule has 0 spiro atoms. The molecule has 1 atom stereocenters. The van der Waals surface area contributed by atoms with E-state index in [1.165, 1.54) is 0 Å². The molecule has 1 aromatic carbocycles. The Hall–Kier alpha value is -1.63. The van der Waals surface area contributed by atoms with Crippen LogP contribution in [0.3, 0.4) is 0 Å². The van der Waals surface area contributed by atoms with E-state index in [9.17, 15) is 0 Å². The normalized spacial score (nSPS) is 18.7. The molecule has 0 bridgehead atoms. The van der Waals surface area contributed by atoms with Crippen molar-refractivity contribution in [2.45, 2.75) is 19.6 Å². The van der Waals surface area contributed by atoms with E-state index in [2.05, 4.69) is 27.4 Å². The van der Waals surface area contributed by atoms with E-state index in [1.54, 1.807) is 0 Å². The summed E-state index contributed by atoms with van der Waals surface area (Å²) in [5.74, 6) is 2.03. The van der Waals surface area contributed by atoms with Gasteiger partial charge in [-0.1, -0.05) is 17.3 Å². The summed E-state index contributed by atoms with van der Waals surface area (Å²) in [6.45, 7) is 5.14. The number of hydrogen-bond donors (Lipinski definition) is 1. The molecular weight excluding hydrogens is 304 g/mol. The Balaban J connectivity index is 0.00000176. The highest BCUT2D eigenvalue weighted by Crippen LogP contribution is 2.18. The van der Waals surface area contributed by atoms with Gasteiger partial charge in [-0.05, 0) is 31.7 Å². The van der Waals surface area contributed by atoms with Crippen LogP contribution in [0.1, 0.15) is 23.3 Å². The fourth-order valence-electron chi connectivity index (χ4n) is 2.41. The van der Waals surface area contributed by atoms with Crippen molar-refractivity contribution in [3.05, 3.63) is 41.5 Å². The van der Waals surface area contributed by atoms with Crippen LogP contribution in [0.2, 0.25) is 0 Å². The number of rotatable bonds is 4. The van der Waals surface area contributed by atoms with E-state index in [4.69, 9.17) is 9.26 Å². The van der Waals surface area contributed by atoms with Crippen molar-refractivity contribution in [2.75, 3.05) is 26.7 Å². The molecule has 2 heterocycles. The Morgan fingerprint density at radius 1 is 1.45 bits per heavy atom. The van der Waals surface area contributed by atoms with Crippen LogP contribution in [0.15, 0.2) is 28.8 Å². The molecule has 1 saturated heterocycles. The number of hydrogen-bond acceptors (Lipinski definition) is 6. The van der Waals surface area contributed by atoms with E-state index in [1.807, 2.05) is 31.2 Å². The predicted molar refractivity (Wildman–Crippen MR) is 85.3 cm³/mol. The zero-order chi connectivity index (χ0) is 14.7. The molecule has 0 amide bonds. The molecule has 22 heavy (non-hydrogen) atoms. The summed E-state index contributed by atoms with van der Waals surface area (Å²) in [6, 6.07) is 8.06. The molecule has 0 saturated carbocycles. The molecule has 6 nitrogen and oxygen atoms in total. The number of nitrogens with zero attached hydrogens (tertiary/aromatic N) is 3. The lowest BCUT2D eigenvalue weighted by Crippen LogP contribution is -2.44. The topological polar surface area (TPSA) is 63.4 Å². The van der Waals surface area contributed by atoms with E-state index in [0.29, 0.717) is 18.3 Å². The lowest BCUT2D eigenvalue weighted by Gasteiger charge is -2.30. The van der Waals surface area contributed by atoms with Gasteiger partial charge in [0.1, 0.15) is 5.75 Å². The maximum absolute atomic E-state index is 5.67. The summed E-state index contributed by atoms with van der Waals surface area (Å²) >= 11 is 0. The lowest BCUT2D eigenvalue weighted by atomic mass is 10.2. The SMILES string of the molecule is Cc1cccc(OCc2nc(C3CNCCN3C)no2)c1.Cl. The van der Waals surface area contributed by atoms with Crippen molar-refractivity contribution in [2.24, 2.45) is 0 Å². The second-order valence-corrected chi connectivity index (χ2v) is 5.35. The zero-order valence-corrected chi connectivity index (χ0v) is 13.6. The van der Waals surface area contributed by atoms with Gasteiger partial charge in [-0.3, -0.25) is 4.90 Å².